The van der Waals surface area contributed by atoms with Gasteiger partial charge in [0.2, 0.25) is 0 Å². The van der Waals surface area contributed by atoms with Crippen LogP contribution in [0.15, 0.2) is 12.1 Å². The number of rotatable bonds is 1. The predicted molar refractivity (Wildman–Crippen MR) is 60.2 cm³/mol. The second kappa shape index (κ2) is 4.78. The van der Waals surface area contributed by atoms with Crippen molar-refractivity contribution in [2.24, 2.45) is 0 Å². The van der Waals surface area contributed by atoms with Crippen LogP contribution in [0.3, 0.4) is 0 Å². The molecule has 1 aromatic carbocycles. The van der Waals surface area contributed by atoms with Crippen LogP contribution in [0, 0.1) is 17.5 Å². The average Bonchev–Trinajstić information content (AvgIpc) is 2.26. The van der Waals surface area contributed by atoms with E-state index in [1.807, 2.05) is 0 Å². The Balaban J connectivity index is 2.29. The molecule has 2 rings (SSSR count). The molecule has 0 spiro atoms. The van der Waals surface area contributed by atoms with Crippen LogP contribution < -0.4 is 0 Å². The minimum absolute atomic E-state index is 0.00627. The Kier molecular flexibility index (Phi) is 3.57. The van der Waals surface area contributed by atoms with Crippen molar-refractivity contribution in [1.29, 1.82) is 0 Å². The molecule has 0 nitrogen and oxygen atoms in total. The highest BCUT2D eigenvalue weighted by Gasteiger charge is 2.25. The van der Waals surface area contributed by atoms with Crippen molar-refractivity contribution in [3.8, 4) is 0 Å². The summed E-state index contributed by atoms with van der Waals surface area (Å²) in [7, 11) is 0. The molecule has 0 amide bonds. The van der Waals surface area contributed by atoms with Gasteiger partial charge in [-0.05, 0) is 36.8 Å². The van der Waals surface area contributed by atoms with Crippen LogP contribution in [-0.4, -0.2) is 4.83 Å². The lowest BCUT2D eigenvalue weighted by Crippen LogP contribution is -2.15. The first-order valence-electron chi connectivity index (χ1n) is 5.37. The summed E-state index contributed by atoms with van der Waals surface area (Å²) >= 11 is 3.49. The van der Waals surface area contributed by atoms with Gasteiger partial charge < -0.3 is 0 Å². The fourth-order valence-corrected chi connectivity index (χ4v) is 3.04. The molecule has 88 valence electrons. The maximum Gasteiger partial charge on any atom is 0.194 e. The zero-order chi connectivity index (χ0) is 11.7. The van der Waals surface area contributed by atoms with Crippen molar-refractivity contribution in [2.75, 3.05) is 0 Å². The molecule has 0 heterocycles. The third-order valence-electron chi connectivity index (χ3n) is 3.12. The molecule has 1 aliphatic carbocycles. The molecule has 2 unspecified atom stereocenters. The molecule has 1 aromatic rings. The van der Waals surface area contributed by atoms with Gasteiger partial charge in [0.05, 0.1) is 0 Å². The minimum atomic E-state index is -1.35. The molecule has 1 fully saturated rings. The van der Waals surface area contributed by atoms with Crippen LogP contribution in [0.1, 0.15) is 37.2 Å². The Bertz CT molecular complexity index is 392. The van der Waals surface area contributed by atoms with E-state index in [0.29, 0.717) is 10.4 Å². The summed E-state index contributed by atoms with van der Waals surface area (Å²) in [5.74, 6) is -3.50. The lowest BCUT2D eigenvalue weighted by molar-refractivity contribution is 0.408. The maximum absolute atomic E-state index is 13.5. The molecule has 0 N–H and O–H groups in total. The molecule has 0 bridgehead atoms. The molecule has 0 radical (unpaired) electrons. The topological polar surface area (TPSA) is 0 Å². The SMILES string of the molecule is Fc1ccc(C2CCCC(Br)C2)c(F)c1F. The first-order chi connectivity index (χ1) is 7.59. The third-order valence-corrected chi connectivity index (χ3v) is 3.95. The lowest BCUT2D eigenvalue weighted by Gasteiger charge is -2.26. The van der Waals surface area contributed by atoms with Crippen molar-refractivity contribution in [2.45, 2.75) is 36.4 Å². The Hall–Kier alpha value is -0.510. The second-order valence-electron chi connectivity index (χ2n) is 4.23. The second-order valence-corrected chi connectivity index (χ2v) is 5.52. The van der Waals surface area contributed by atoms with Crippen molar-refractivity contribution in [3.63, 3.8) is 0 Å². The van der Waals surface area contributed by atoms with Gasteiger partial charge in [0.1, 0.15) is 0 Å². The summed E-state index contributed by atoms with van der Waals surface area (Å²) in [4.78, 5) is 0.346. The van der Waals surface area contributed by atoms with Crippen molar-refractivity contribution >= 4 is 15.9 Å². The van der Waals surface area contributed by atoms with Crippen molar-refractivity contribution < 1.29 is 13.2 Å². The van der Waals surface area contributed by atoms with E-state index in [1.165, 1.54) is 6.07 Å². The van der Waals surface area contributed by atoms with E-state index in [1.54, 1.807) is 0 Å². The summed E-state index contributed by atoms with van der Waals surface area (Å²) in [6.07, 6.45) is 3.66. The molecule has 0 saturated heterocycles. The van der Waals surface area contributed by atoms with E-state index < -0.39 is 17.5 Å². The van der Waals surface area contributed by atoms with E-state index in [4.69, 9.17) is 0 Å². The molecule has 16 heavy (non-hydrogen) atoms. The van der Waals surface area contributed by atoms with Crippen LogP contribution in [0.5, 0.6) is 0 Å². The Morgan fingerprint density at radius 2 is 1.81 bits per heavy atom. The van der Waals surface area contributed by atoms with E-state index in [9.17, 15) is 13.2 Å². The smallest absolute Gasteiger partial charge is 0.194 e. The van der Waals surface area contributed by atoms with E-state index in [-0.39, 0.29) is 5.92 Å². The summed E-state index contributed by atoms with van der Waals surface area (Å²) in [5.41, 5.74) is 0.308. The van der Waals surface area contributed by atoms with Gasteiger partial charge in [-0.25, -0.2) is 13.2 Å². The minimum Gasteiger partial charge on any atom is -0.204 e. The van der Waals surface area contributed by atoms with Crippen LogP contribution in [-0.2, 0) is 0 Å². The number of benzene rings is 1. The highest BCUT2D eigenvalue weighted by molar-refractivity contribution is 9.09. The largest absolute Gasteiger partial charge is 0.204 e. The standard InChI is InChI=1S/C12H12BrF3/c13-8-3-1-2-7(6-8)9-4-5-10(14)12(16)11(9)15/h4-5,7-8H,1-3,6H2. The Morgan fingerprint density at radius 3 is 2.50 bits per heavy atom. The van der Waals surface area contributed by atoms with Gasteiger partial charge in [0.15, 0.2) is 17.5 Å². The van der Waals surface area contributed by atoms with Gasteiger partial charge in [-0.2, -0.15) is 0 Å². The van der Waals surface area contributed by atoms with Gasteiger partial charge in [0, 0.05) is 4.83 Å². The van der Waals surface area contributed by atoms with Gasteiger partial charge in [0.25, 0.3) is 0 Å². The Morgan fingerprint density at radius 1 is 1.06 bits per heavy atom. The number of halogens is 4. The highest BCUT2D eigenvalue weighted by Crippen LogP contribution is 2.37. The van der Waals surface area contributed by atoms with E-state index in [0.717, 1.165) is 31.7 Å². The fraction of sp³-hybridized carbons (Fsp3) is 0.500. The predicted octanol–water partition coefficient (Wildman–Crippen LogP) is 4.53. The van der Waals surface area contributed by atoms with Crippen LogP contribution in [0.25, 0.3) is 0 Å². The van der Waals surface area contributed by atoms with Gasteiger partial charge >= 0.3 is 0 Å². The number of hydrogen-bond acceptors (Lipinski definition) is 0. The zero-order valence-electron chi connectivity index (χ0n) is 8.65. The van der Waals surface area contributed by atoms with Crippen LogP contribution >= 0.6 is 15.9 Å². The summed E-state index contributed by atoms with van der Waals surface area (Å²) in [5, 5.41) is 0. The summed E-state index contributed by atoms with van der Waals surface area (Å²) < 4.78 is 39.4. The molecular formula is C12H12BrF3. The molecule has 1 saturated carbocycles. The van der Waals surface area contributed by atoms with Crippen LogP contribution in [0.2, 0.25) is 0 Å². The lowest BCUT2D eigenvalue weighted by atomic mass is 9.84. The highest BCUT2D eigenvalue weighted by atomic mass is 79.9. The number of hydrogen-bond donors (Lipinski definition) is 0. The molecular weight excluding hydrogens is 281 g/mol. The maximum atomic E-state index is 13.5. The van der Waals surface area contributed by atoms with Gasteiger partial charge in [-0.1, -0.05) is 28.4 Å². The van der Waals surface area contributed by atoms with Gasteiger partial charge in [-0.3, -0.25) is 0 Å². The fourth-order valence-electron chi connectivity index (χ4n) is 2.27. The first-order valence-corrected chi connectivity index (χ1v) is 6.28. The number of alkyl halides is 1. The Labute approximate surface area is 101 Å². The molecule has 0 aromatic heterocycles. The van der Waals surface area contributed by atoms with Crippen LogP contribution in [0.4, 0.5) is 13.2 Å². The quantitative estimate of drug-likeness (QED) is 0.527. The first kappa shape index (κ1) is 12.0. The zero-order valence-corrected chi connectivity index (χ0v) is 10.2. The normalized spacial score (nSPS) is 25.8. The molecule has 1 aliphatic rings. The molecule has 2 atom stereocenters. The molecule has 4 heteroatoms. The third kappa shape index (κ3) is 2.26. The van der Waals surface area contributed by atoms with Crippen molar-refractivity contribution in [3.05, 3.63) is 35.1 Å². The van der Waals surface area contributed by atoms with E-state index in [2.05, 4.69) is 15.9 Å². The monoisotopic (exact) mass is 292 g/mol. The van der Waals surface area contributed by atoms with Gasteiger partial charge in [-0.15, -0.1) is 0 Å². The summed E-state index contributed by atoms with van der Waals surface area (Å²) in [6, 6.07) is 2.37. The van der Waals surface area contributed by atoms with E-state index >= 15 is 0 Å². The van der Waals surface area contributed by atoms with Crippen molar-refractivity contribution in [1.82, 2.24) is 0 Å². The molecule has 0 aliphatic heterocycles. The average molecular weight is 293 g/mol. The summed E-state index contributed by atoms with van der Waals surface area (Å²) in [6.45, 7) is 0.